The second-order valence-corrected chi connectivity index (χ2v) is 6.94. The minimum absolute atomic E-state index is 0.0936. The van der Waals surface area contributed by atoms with Crippen LogP contribution in [0, 0.1) is 0 Å². The lowest BCUT2D eigenvalue weighted by molar-refractivity contribution is 0.0912. The molecule has 3 rings (SSSR count). The van der Waals surface area contributed by atoms with Gasteiger partial charge in [-0.05, 0) is 36.5 Å². The zero-order valence-electron chi connectivity index (χ0n) is 16.7. The second kappa shape index (κ2) is 10.6. The Labute approximate surface area is 189 Å². The van der Waals surface area contributed by atoms with E-state index in [-0.39, 0.29) is 17.5 Å². The van der Waals surface area contributed by atoms with Crippen molar-refractivity contribution in [3.63, 3.8) is 0 Å². The van der Waals surface area contributed by atoms with Crippen LogP contribution in [0.2, 0.25) is 5.02 Å². The Kier molecular flexibility index (Phi) is 7.58. The number of para-hydroxylation sites is 1. The predicted octanol–water partition coefficient (Wildman–Crippen LogP) is 4.16. The number of hydrazine groups is 1. The zero-order valence-corrected chi connectivity index (χ0v) is 18.3. The highest BCUT2D eigenvalue weighted by atomic mass is 35.5. The Hall–Kier alpha value is -3.43. The van der Waals surface area contributed by atoms with E-state index in [1.807, 2.05) is 12.1 Å². The Balaban J connectivity index is 1.50. The van der Waals surface area contributed by atoms with E-state index in [0.717, 1.165) is 0 Å². The van der Waals surface area contributed by atoms with Crippen molar-refractivity contribution >= 4 is 40.5 Å². The molecule has 31 heavy (non-hydrogen) atoms. The van der Waals surface area contributed by atoms with Crippen molar-refractivity contribution in [2.75, 3.05) is 19.5 Å². The number of furan rings is 1. The number of ether oxygens (including phenoxy) is 3. The van der Waals surface area contributed by atoms with Crippen molar-refractivity contribution in [1.82, 2.24) is 10.9 Å². The van der Waals surface area contributed by atoms with Gasteiger partial charge < -0.3 is 23.9 Å². The van der Waals surface area contributed by atoms with Crippen LogP contribution in [-0.2, 0) is 6.61 Å². The first-order valence-electron chi connectivity index (χ1n) is 9.05. The summed E-state index contributed by atoms with van der Waals surface area (Å²) in [6.07, 6.45) is 0. The lowest BCUT2D eigenvalue weighted by Gasteiger charge is -2.13. The third-order valence-corrected chi connectivity index (χ3v) is 4.51. The summed E-state index contributed by atoms with van der Waals surface area (Å²) >= 11 is 11.2. The van der Waals surface area contributed by atoms with Gasteiger partial charge >= 0.3 is 5.91 Å². The molecule has 3 N–H and O–H groups in total. The summed E-state index contributed by atoms with van der Waals surface area (Å²) in [6.45, 7) is 0.127. The van der Waals surface area contributed by atoms with Crippen molar-refractivity contribution in [3.8, 4) is 17.2 Å². The monoisotopic (exact) mass is 461 g/mol. The smallest absolute Gasteiger partial charge is 0.305 e. The summed E-state index contributed by atoms with van der Waals surface area (Å²) < 4.78 is 21.5. The normalized spacial score (nSPS) is 10.2. The summed E-state index contributed by atoms with van der Waals surface area (Å²) in [5, 5.41) is 3.59. The SMILES string of the molecule is COc1cc(NC(=S)NNC(=O)c2ccc(COc3ccccc3Cl)o2)cc(OC)c1. The molecule has 10 heteroatoms. The standard InChI is InChI=1S/C21H20ClN3O5S/c1-27-15-9-13(10-16(11-15)28-2)23-21(31)25-24-20(26)19-8-7-14(30-19)12-29-18-6-4-3-5-17(18)22/h3-11H,12H2,1-2H3,(H,24,26)(H2,23,25,31). The molecule has 0 bridgehead atoms. The first-order chi connectivity index (χ1) is 15.0. The Morgan fingerprint density at radius 2 is 1.74 bits per heavy atom. The summed E-state index contributed by atoms with van der Waals surface area (Å²) in [5.74, 6) is 1.77. The van der Waals surface area contributed by atoms with Gasteiger partial charge in [0.2, 0.25) is 0 Å². The van der Waals surface area contributed by atoms with Gasteiger partial charge in [-0.25, -0.2) is 0 Å². The molecule has 1 heterocycles. The van der Waals surface area contributed by atoms with Crippen LogP contribution in [0.15, 0.2) is 59.0 Å². The van der Waals surface area contributed by atoms with Gasteiger partial charge in [-0.2, -0.15) is 0 Å². The van der Waals surface area contributed by atoms with Gasteiger partial charge in [-0.3, -0.25) is 15.6 Å². The van der Waals surface area contributed by atoms with Crippen LogP contribution < -0.4 is 30.4 Å². The zero-order chi connectivity index (χ0) is 22.2. The summed E-state index contributed by atoms with van der Waals surface area (Å²) in [7, 11) is 3.10. The van der Waals surface area contributed by atoms with Crippen LogP contribution in [0.3, 0.4) is 0 Å². The molecule has 162 valence electrons. The predicted molar refractivity (Wildman–Crippen MR) is 121 cm³/mol. The Bertz CT molecular complexity index is 1050. The third kappa shape index (κ3) is 6.27. The summed E-state index contributed by atoms with van der Waals surface area (Å²) in [4.78, 5) is 12.3. The highest BCUT2D eigenvalue weighted by Gasteiger charge is 2.12. The molecule has 0 aliphatic rings. The number of carbonyl (C=O) groups is 1. The van der Waals surface area contributed by atoms with Gasteiger partial charge in [-0.1, -0.05) is 23.7 Å². The molecule has 0 aliphatic heterocycles. The van der Waals surface area contributed by atoms with Crippen LogP contribution in [0.1, 0.15) is 16.3 Å². The third-order valence-electron chi connectivity index (χ3n) is 3.99. The van der Waals surface area contributed by atoms with Crippen molar-refractivity contribution in [1.29, 1.82) is 0 Å². The van der Waals surface area contributed by atoms with Crippen molar-refractivity contribution < 1.29 is 23.4 Å². The largest absolute Gasteiger partial charge is 0.497 e. The molecule has 1 amide bonds. The maximum absolute atomic E-state index is 12.3. The van der Waals surface area contributed by atoms with Gasteiger partial charge in [0.05, 0.1) is 19.2 Å². The van der Waals surface area contributed by atoms with Crippen LogP contribution in [-0.4, -0.2) is 25.2 Å². The van der Waals surface area contributed by atoms with E-state index in [2.05, 4.69) is 16.2 Å². The van der Waals surface area contributed by atoms with Crippen LogP contribution >= 0.6 is 23.8 Å². The maximum atomic E-state index is 12.3. The summed E-state index contributed by atoms with van der Waals surface area (Å²) in [6, 6.07) is 15.5. The van der Waals surface area contributed by atoms with Gasteiger partial charge in [-0.15, -0.1) is 0 Å². The lowest BCUT2D eigenvalue weighted by atomic mass is 10.3. The molecule has 0 unspecified atom stereocenters. The first-order valence-corrected chi connectivity index (χ1v) is 9.83. The molecule has 1 aromatic heterocycles. The minimum Gasteiger partial charge on any atom is -0.497 e. The molecule has 0 atom stereocenters. The van der Waals surface area contributed by atoms with Crippen molar-refractivity contribution in [2.45, 2.75) is 6.61 Å². The minimum atomic E-state index is -0.503. The van der Waals surface area contributed by atoms with Gasteiger partial charge in [0.25, 0.3) is 0 Å². The maximum Gasteiger partial charge on any atom is 0.305 e. The number of hydrogen-bond acceptors (Lipinski definition) is 6. The topological polar surface area (TPSA) is 94.0 Å². The van der Waals surface area contributed by atoms with Crippen LogP contribution in [0.25, 0.3) is 0 Å². The molecule has 0 saturated heterocycles. The van der Waals surface area contributed by atoms with E-state index in [1.54, 1.807) is 50.6 Å². The Morgan fingerprint density at radius 3 is 2.42 bits per heavy atom. The van der Waals surface area contributed by atoms with E-state index in [1.165, 1.54) is 6.07 Å². The quantitative estimate of drug-likeness (QED) is 0.356. The van der Waals surface area contributed by atoms with Gasteiger partial charge in [0.1, 0.15) is 29.6 Å². The second-order valence-electron chi connectivity index (χ2n) is 6.12. The fraction of sp³-hybridized carbons (Fsp3) is 0.143. The van der Waals surface area contributed by atoms with E-state index >= 15 is 0 Å². The first kappa shape index (κ1) is 22.3. The van der Waals surface area contributed by atoms with E-state index in [9.17, 15) is 4.79 Å². The number of benzene rings is 2. The number of rotatable bonds is 7. The van der Waals surface area contributed by atoms with Crippen molar-refractivity contribution in [2.24, 2.45) is 0 Å². The Morgan fingerprint density at radius 1 is 1.03 bits per heavy atom. The number of thiocarbonyl (C=S) groups is 1. The number of methoxy groups -OCH3 is 2. The number of anilines is 1. The average Bonchev–Trinajstić information content (AvgIpc) is 3.25. The van der Waals surface area contributed by atoms with Gasteiger partial charge in [0.15, 0.2) is 10.9 Å². The molecule has 0 saturated carbocycles. The van der Waals surface area contributed by atoms with Crippen molar-refractivity contribution in [3.05, 3.63) is 71.1 Å². The fourth-order valence-electron chi connectivity index (χ4n) is 2.51. The molecule has 0 fully saturated rings. The molecular formula is C21H20ClN3O5S. The van der Waals surface area contributed by atoms with Crippen LogP contribution in [0.5, 0.6) is 17.2 Å². The molecule has 2 aromatic carbocycles. The lowest BCUT2D eigenvalue weighted by Crippen LogP contribution is -2.43. The van der Waals surface area contributed by atoms with Gasteiger partial charge in [0, 0.05) is 23.9 Å². The molecule has 0 aliphatic carbocycles. The highest BCUT2D eigenvalue weighted by Crippen LogP contribution is 2.26. The van der Waals surface area contributed by atoms with E-state index in [0.29, 0.717) is 33.7 Å². The number of nitrogens with one attached hydrogen (secondary N) is 3. The number of carbonyl (C=O) groups excluding carboxylic acids is 1. The number of hydrogen-bond donors (Lipinski definition) is 3. The highest BCUT2D eigenvalue weighted by molar-refractivity contribution is 7.80. The molecule has 3 aromatic rings. The van der Waals surface area contributed by atoms with E-state index in [4.69, 9.17) is 42.4 Å². The number of amides is 1. The molecule has 0 radical (unpaired) electrons. The van der Waals surface area contributed by atoms with E-state index < -0.39 is 5.91 Å². The fourth-order valence-corrected chi connectivity index (χ4v) is 2.86. The molecular weight excluding hydrogens is 442 g/mol. The summed E-state index contributed by atoms with van der Waals surface area (Å²) in [5.41, 5.74) is 5.70. The molecule has 0 spiro atoms. The van der Waals surface area contributed by atoms with Crippen LogP contribution in [0.4, 0.5) is 5.69 Å². The number of halogens is 1. The average molecular weight is 462 g/mol. The molecule has 8 nitrogen and oxygen atoms in total.